The number of likely N-dealkylation sites (N-methyl/N-ethyl adjacent to an activating group) is 1. The molecule has 2 rings (SSSR count). The van der Waals surface area contributed by atoms with Gasteiger partial charge in [0.2, 0.25) is 5.91 Å². The minimum Gasteiger partial charge on any atom is -0.462 e. The molecular weight excluding hydrogens is 260 g/mol. The molecule has 0 saturated carbocycles. The third-order valence-electron chi connectivity index (χ3n) is 2.88. The van der Waals surface area contributed by atoms with Crippen LogP contribution in [0.15, 0.2) is 36.3 Å². The van der Waals surface area contributed by atoms with Crippen molar-refractivity contribution in [1.29, 1.82) is 0 Å². The second-order valence-corrected chi connectivity index (χ2v) is 4.32. The summed E-state index contributed by atoms with van der Waals surface area (Å²) in [6.07, 6.45) is 7.89. The first-order valence-corrected chi connectivity index (χ1v) is 6.16. The SMILES string of the molecule is CCOC(=O)c1cnn(C2C=CC(C(N)=O)=CN2C)c1. The van der Waals surface area contributed by atoms with Gasteiger partial charge in [0.1, 0.15) is 6.17 Å². The van der Waals surface area contributed by atoms with Gasteiger partial charge in [0.15, 0.2) is 0 Å². The number of nitrogens with zero attached hydrogens (tertiary/aromatic N) is 3. The minimum absolute atomic E-state index is 0.221. The van der Waals surface area contributed by atoms with Gasteiger partial charge >= 0.3 is 5.97 Å². The Hall–Kier alpha value is -2.57. The Morgan fingerprint density at radius 1 is 1.50 bits per heavy atom. The van der Waals surface area contributed by atoms with Crippen LogP contribution in [-0.4, -0.2) is 40.2 Å². The molecule has 1 amide bonds. The largest absolute Gasteiger partial charge is 0.462 e. The molecule has 0 fully saturated rings. The van der Waals surface area contributed by atoms with E-state index >= 15 is 0 Å². The van der Waals surface area contributed by atoms with Crippen LogP contribution in [0.4, 0.5) is 0 Å². The molecule has 2 heterocycles. The number of nitrogens with two attached hydrogens (primary N) is 1. The third-order valence-corrected chi connectivity index (χ3v) is 2.88. The number of carbonyl (C=O) groups excluding carboxylic acids is 2. The summed E-state index contributed by atoms with van der Waals surface area (Å²) in [7, 11) is 1.79. The fourth-order valence-corrected chi connectivity index (χ4v) is 1.89. The molecule has 1 unspecified atom stereocenters. The number of hydrogen-bond donors (Lipinski definition) is 1. The molecule has 0 saturated heterocycles. The van der Waals surface area contributed by atoms with Gasteiger partial charge in [-0.3, -0.25) is 4.79 Å². The van der Waals surface area contributed by atoms with Gasteiger partial charge in [-0.1, -0.05) is 0 Å². The van der Waals surface area contributed by atoms with Crippen LogP contribution in [0.5, 0.6) is 0 Å². The number of ether oxygens (including phenoxy) is 1. The smallest absolute Gasteiger partial charge is 0.341 e. The van der Waals surface area contributed by atoms with E-state index in [2.05, 4.69) is 5.10 Å². The number of aromatic nitrogens is 2. The lowest BCUT2D eigenvalue weighted by Crippen LogP contribution is -2.28. The molecule has 1 aliphatic heterocycles. The lowest BCUT2D eigenvalue weighted by atomic mass is 10.2. The summed E-state index contributed by atoms with van der Waals surface area (Å²) in [5.41, 5.74) is 6.03. The maximum atomic E-state index is 11.6. The highest BCUT2D eigenvalue weighted by Crippen LogP contribution is 2.20. The van der Waals surface area contributed by atoms with Gasteiger partial charge in [-0.15, -0.1) is 0 Å². The van der Waals surface area contributed by atoms with Gasteiger partial charge in [0.25, 0.3) is 0 Å². The number of esters is 1. The topological polar surface area (TPSA) is 90.5 Å². The Kier molecular flexibility index (Phi) is 3.88. The van der Waals surface area contributed by atoms with Crippen LogP contribution >= 0.6 is 0 Å². The Bertz CT molecular complexity index is 588. The molecule has 2 N–H and O–H groups in total. The monoisotopic (exact) mass is 276 g/mol. The lowest BCUT2D eigenvalue weighted by molar-refractivity contribution is -0.114. The molecule has 1 aromatic heterocycles. The highest BCUT2D eigenvalue weighted by Gasteiger charge is 2.19. The molecule has 20 heavy (non-hydrogen) atoms. The van der Waals surface area contributed by atoms with Gasteiger partial charge in [-0.05, 0) is 19.1 Å². The van der Waals surface area contributed by atoms with Crippen LogP contribution in [0.1, 0.15) is 23.4 Å². The number of primary amides is 1. The maximum absolute atomic E-state index is 11.6. The summed E-state index contributed by atoms with van der Waals surface area (Å²) in [5.74, 6) is -0.895. The highest BCUT2D eigenvalue weighted by atomic mass is 16.5. The Morgan fingerprint density at radius 3 is 2.85 bits per heavy atom. The molecule has 0 bridgehead atoms. The van der Waals surface area contributed by atoms with Crippen LogP contribution in [0.25, 0.3) is 0 Å². The van der Waals surface area contributed by atoms with Gasteiger partial charge in [-0.25, -0.2) is 9.48 Å². The van der Waals surface area contributed by atoms with E-state index in [1.54, 1.807) is 48.1 Å². The molecule has 1 aliphatic rings. The van der Waals surface area contributed by atoms with Crippen molar-refractivity contribution in [3.05, 3.63) is 41.9 Å². The van der Waals surface area contributed by atoms with Crippen molar-refractivity contribution in [3.63, 3.8) is 0 Å². The van der Waals surface area contributed by atoms with Crippen molar-refractivity contribution in [1.82, 2.24) is 14.7 Å². The zero-order valence-corrected chi connectivity index (χ0v) is 11.3. The summed E-state index contributed by atoms with van der Waals surface area (Å²) in [6, 6.07) is 0. The molecule has 7 nitrogen and oxygen atoms in total. The molecule has 1 aromatic rings. The first-order chi connectivity index (χ1) is 9.52. The third kappa shape index (κ3) is 2.71. The van der Waals surface area contributed by atoms with E-state index in [0.29, 0.717) is 17.7 Å². The molecule has 0 radical (unpaired) electrons. The van der Waals surface area contributed by atoms with Crippen LogP contribution < -0.4 is 5.73 Å². The Balaban J connectivity index is 2.16. The number of amides is 1. The summed E-state index contributed by atoms with van der Waals surface area (Å²) in [6.45, 7) is 2.06. The van der Waals surface area contributed by atoms with Crippen molar-refractivity contribution in [2.24, 2.45) is 5.73 Å². The van der Waals surface area contributed by atoms with Gasteiger partial charge in [0, 0.05) is 19.4 Å². The predicted molar refractivity (Wildman–Crippen MR) is 71.4 cm³/mol. The van der Waals surface area contributed by atoms with E-state index in [1.165, 1.54) is 6.20 Å². The van der Waals surface area contributed by atoms with Crippen LogP contribution in [-0.2, 0) is 9.53 Å². The van der Waals surface area contributed by atoms with Crippen molar-refractivity contribution >= 4 is 11.9 Å². The molecular formula is C13H16N4O3. The normalized spacial score (nSPS) is 17.8. The van der Waals surface area contributed by atoms with E-state index in [9.17, 15) is 9.59 Å². The fraction of sp³-hybridized carbons (Fsp3) is 0.308. The van der Waals surface area contributed by atoms with E-state index in [4.69, 9.17) is 10.5 Å². The first-order valence-electron chi connectivity index (χ1n) is 6.16. The summed E-state index contributed by atoms with van der Waals surface area (Å²) in [5, 5.41) is 4.14. The second-order valence-electron chi connectivity index (χ2n) is 4.32. The fourth-order valence-electron chi connectivity index (χ4n) is 1.89. The zero-order chi connectivity index (χ0) is 14.7. The number of rotatable bonds is 4. The highest BCUT2D eigenvalue weighted by molar-refractivity contribution is 5.94. The van der Waals surface area contributed by atoms with E-state index in [0.717, 1.165) is 0 Å². The van der Waals surface area contributed by atoms with Gasteiger partial charge in [0.05, 0.1) is 23.9 Å². The van der Waals surface area contributed by atoms with Gasteiger partial charge < -0.3 is 15.4 Å². The second kappa shape index (κ2) is 5.60. The molecule has 7 heteroatoms. The molecule has 0 spiro atoms. The summed E-state index contributed by atoms with van der Waals surface area (Å²) >= 11 is 0. The number of hydrogen-bond acceptors (Lipinski definition) is 5. The van der Waals surface area contributed by atoms with Crippen molar-refractivity contribution < 1.29 is 14.3 Å². The Morgan fingerprint density at radius 2 is 2.25 bits per heavy atom. The molecule has 0 aromatic carbocycles. The van der Waals surface area contributed by atoms with Crippen LogP contribution in [0, 0.1) is 0 Å². The Labute approximate surface area is 116 Å². The average Bonchev–Trinajstić information content (AvgIpc) is 2.88. The molecule has 106 valence electrons. The minimum atomic E-state index is -0.487. The zero-order valence-electron chi connectivity index (χ0n) is 11.3. The van der Waals surface area contributed by atoms with E-state index < -0.39 is 11.9 Å². The number of carbonyl (C=O) groups is 2. The summed E-state index contributed by atoms with van der Waals surface area (Å²) < 4.78 is 6.52. The molecule has 0 aliphatic carbocycles. The first kappa shape index (κ1) is 13.9. The van der Waals surface area contributed by atoms with Crippen LogP contribution in [0.2, 0.25) is 0 Å². The van der Waals surface area contributed by atoms with Crippen molar-refractivity contribution in [2.45, 2.75) is 13.1 Å². The van der Waals surface area contributed by atoms with Gasteiger partial charge in [-0.2, -0.15) is 5.10 Å². The quantitative estimate of drug-likeness (QED) is 0.805. The predicted octanol–water partition coefficient (Wildman–Crippen LogP) is 0.429. The standard InChI is InChI=1S/C13H16N4O3/c1-3-20-13(19)10-6-15-17(8-10)11-5-4-9(12(14)18)7-16(11)2/h4-8,11H,3H2,1-2H3,(H2,14,18). The maximum Gasteiger partial charge on any atom is 0.341 e. The average molecular weight is 276 g/mol. The van der Waals surface area contributed by atoms with Crippen LogP contribution in [0.3, 0.4) is 0 Å². The lowest BCUT2D eigenvalue weighted by Gasteiger charge is -2.27. The summed E-state index contributed by atoms with van der Waals surface area (Å²) in [4.78, 5) is 24.5. The van der Waals surface area contributed by atoms with E-state index in [1.807, 2.05) is 0 Å². The molecule has 1 atom stereocenters. The van der Waals surface area contributed by atoms with Crippen molar-refractivity contribution in [3.8, 4) is 0 Å². The van der Waals surface area contributed by atoms with E-state index in [-0.39, 0.29) is 6.17 Å². The van der Waals surface area contributed by atoms with Crippen molar-refractivity contribution in [2.75, 3.05) is 13.7 Å².